The summed E-state index contributed by atoms with van der Waals surface area (Å²) in [4.78, 5) is 16.6. The van der Waals surface area contributed by atoms with E-state index in [1.807, 2.05) is 18.2 Å². The van der Waals surface area contributed by atoms with Crippen LogP contribution < -0.4 is 4.90 Å². The largest absolute Gasteiger partial charge is 0.471 e. The molecule has 0 unspecified atom stereocenters. The molecular weight excluding hydrogens is 382 g/mol. The van der Waals surface area contributed by atoms with Crippen LogP contribution in [0.5, 0.6) is 0 Å². The molecule has 2 aromatic carbocycles. The number of ether oxygens (including phenoxy) is 1. The Labute approximate surface area is 155 Å². The molecule has 6 nitrogen and oxygen atoms in total. The third-order valence-corrected chi connectivity index (χ3v) is 4.20. The van der Waals surface area contributed by atoms with E-state index in [2.05, 4.69) is 14.7 Å². The SMILES string of the molecule is O=C1OC[C@@H](c2ccccc2)N1c1ccc(-c2noc(C(F)(F)F)n2)c(F)c1. The second-order valence-electron chi connectivity index (χ2n) is 5.96. The molecule has 0 bridgehead atoms. The van der Waals surface area contributed by atoms with Crippen molar-refractivity contribution in [2.75, 3.05) is 11.5 Å². The fourth-order valence-electron chi connectivity index (χ4n) is 2.91. The highest BCUT2D eigenvalue weighted by molar-refractivity contribution is 5.91. The van der Waals surface area contributed by atoms with Gasteiger partial charge in [0, 0.05) is 0 Å². The van der Waals surface area contributed by atoms with E-state index in [4.69, 9.17) is 4.74 Å². The van der Waals surface area contributed by atoms with Gasteiger partial charge in [-0.15, -0.1) is 0 Å². The Balaban J connectivity index is 1.67. The second kappa shape index (κ2) is 6.63. The van der Waals surface area contributed by atoms with Crippen LogP contribution in [0.1, 0.15) is 17.5 Å². The van der Waals surface area contributed by atoms with E-state index < -0.39 is 35.8 Å². The minimum absolute atomic E-state index is 0.0893. The van der Waals surface area contributed by atoms with Gasteiger partial charge in [-0.05, 0) is 23.8 Å². The van der Waals surface area contributed by atoms with Gasteiger partial charge in [0.05, 0.1) is 17.3 Å². The molecule has 144 valence electrons. The quantitative estimate of drug-likeness (QED) is 0.609. The van der Waals surface area contributed by atoms with Crippen molar-refractivity contribution >= 4 is 11.8 Å². The van der Waals surface area contributed by atoms with Crippen molar-refractivity contribution in [1.29, 1.82) is 0 Å². The number of halogens is 4. The number of amides is 1. The van der Waals surface area contributed by atoms with Crippen molar-refractivity contribution < 1.29 is 31.6 Å². The highest BCUT2D eigenvalue weighted by Gasteiger charge is 2.39. The lowest BCUT2D eigenvalue weighted by atomic mass is 10.1. The Morgan fingerprint density at radius 2 is 1.86 bits per heavy atom. The summed E-state index contributed by atoms with van der Waals surface area (Å²) in [6.45, 7) is 0.0893. The molecule has 1 saturated heterocycles. The van der Waals surface area contributed by atoms with Crippen LogP contribution in [-0.2, 0) is 10.9 Å². The molecule has 1 amide bonds. The fourth-order valence-corrected chi connectivity index (χ4v) is 2.91. The average molecular weight is 393 g/mol. The number of anilines is 1. The van der Waals surface area contributed by atoms with Crippen LogP contribution in [0.3, 0.4) is 0 Å². The van der Waals surface area contributed by atoms with Crippen molar-refractivity contribution in [3.05, 3.63) is 65.8 Å². The van der Waals surface area contributed by atoms with Gasteiger partial charge in [0.25, 0.3) is 0 Å². The zero-order valence-corrected chi connectivity index (χ0v) is 14.0. The smallest absolute Gasteiger partial charge is 0.447 e. The summed E-state index contributed by atoms with van der Waals surface area (Å²) < 4.78 is 61.5. The predicted octanol–water partition coefficient (Wildman–Crippen LogP) is 4.59. The Morgan fingerprint density at radius 1 is 1.11 bits per heavy atom. The van der Waals surface area contributed by atoms with Crippen LogP contribution in [-0.4, -0.2) is 22.8 Å². The lowest BCUT2D eigenvalue weighted by Crippen LogP contribution is -2.27. The number of alkyl halides is 3. The van der Waals surface area contributed by atoms with Gasteiger partial charge in [0.15, 0.2) is 0 Å². The standard InChI is InChI=1S/C18H11F4N3O3/c19-13-8-11(6-7-12(13)15-23-16(28-24-15)18(20,21)22)25-14(9-27-17(25)26)10-4-2-1-3-5-10/h1-8,14H,9H2/t14-/m0/s1. The number of carbonyl (C=O) groups excluding carboxylic acids is 1. The lowest BCUT2D eigenvalue weighted by molar-refractivity contribution is -0.159. The van der Waals surface area contributed by atoms with E-state index in [1.165, 1.54) is 17.0 Å². The van der Waals surface area contributed by atoms with Gasteiger partial charge in [-0.3, -0.25) is 4.90 Å². The molecular formula is C18H11F4N3O3. The first-order chi connectivity index (χ1) is 13.3. The topological polar surface area (TPSA) is 68.5 Å². The average Bonchev–Trinajstić information content (AvgIpc) is 3.29. The number of rotatable bonds is 3. The molecule has 1 aromatic heterocycles. The number of aromatic nitrogens is 2. The van der Waals surface area contributed by atoms with Gasteiger partial charge in [-0.25, -0.2) is 9.18 Å². The summed E-state index contributed by atoms with van der Waals surface area (Å²) >= 11 is 0. The maximum Gasteiger partial charge on any atom is 0.471 e. The zero-order valence-electron chi connectivity index (χ0n) is 14.0. The monoisotopic (exact) mass is 393 g/mol. The predicted molar refractivity (Wildman–Crippen MR) is 87.7 cm³/mol. The molecule has 3 aromatic rings. The van der Waals surface area contributed by atoms with Gasteiger partial charge in [-0.1, -0.05) is 35.5 Å². The summed E-state index contributed by atoms with van der Waals surface area (Å²) in [7, 11) is 0. The number of hydrogen-bond acceptors (Lipinski definition) is 5. The molecule has 28 heavy (non-hydrogen) atoms. The Kier molecular flexibility index (Phi) is 4.25. The van der Waals surface area contributed by atoms with Gasteiger partial charge in [0.1, 0.15) is 12.4 Å². The summed E-state index contributed by atoms with van der Waals surface area (Å²) in [5.41, 5.74) is 0.704. The van der Waals surface area contributed by atoms with E-state index in [0.29, 0.717) is 0 Å². The van der Waals surface area contributed by atoms with Crippen LogP contribution in [0, 0.1) is 5.82 Å². The molecule has 0 N–H and O–H groups in total. The van der Waals surface area contributed by atoms with Crippen molar-refractivity contribution in [1.82, 2.24) is 10.1 Å². The van der Waals surface area contributed by atoms with Crippen molar-refractivity contribution in [3.63, 3.8) is 0 Å². The highest BCUT2D eigenvalue weighted by atomic mass is 19.4. The number of nitrogens with zero attached hydrogens (tertiary/aromatic N) is 3. The van der Waals surface area contributed by atoms with Gasteiger partial charge in [0.2, 0.25) is 5.82 Å². The summed E-state index contributed by atoms with van der Waals surface area (Å²) in [5.74, 6) is -3.02. The van der Waals surface area contributed by atoms with E-state index >= 15 is 0 Å². The molecule has 10 heteroatoms. The fraction of sp³-hybridized carbons (Fsp3) is 0.167. The van der Waals surface area contributed by atoms with Crippen molar-refractivity contribution in [3.8, 4) is 11.4 Å². The number of hydrogen-bond donors (Lipinski definition) is 0. The molecule has 0 saturated carbocycles. The first-order valence-corrected chi connectivity index (χ1v) is 8.06. The normalized spacial score (nSPS) is 17.1. The third kappa shape index (κ3) is 3.17. The first kappa shape index (κ1) is 18.0. The van der Waals surface area contributed by atoms with Gasteiger partial charge >= 0.3 is 18.2 Å². The summed E-state index contributed by atoms with van der Waals surface area (Å²) in [5, 5.41) is 3.17. The van der Waals surface area contributed by atoms with Crippen LogP contribution in [0.25, 0.3) is 11.4 Å². The maximum absolute atomic E-state index is 14.6. The second-order valence-corrected chi connectivity index (χ2v) is 5.96. The van der Waals surface area contributed by atoms with E-state index in [1.54, 1.807) is 12.1 Å². The Hall–Kier alpha value is -3.43. The van der Waals surface area contributed by atoms with Crippen LogP contribution >= 0.6 is 0 Å². The molecule has 2 heterocycles. The van der Waals surface area contributed by atoms with Crippen LogP contribution in [0.15, 0.2) is 53.1 Å². The van der Waals surface area contributed by atoms with Crippen LogP contribution in [0.4, 0.5) is 28.0 Å². The maximum atomic E-state index is 14.6. The molecule has 0 spiro atoms. The minimum atomic E-state index is -4.83. The summed E-state index contributed by atoms with van der Waals surface area (Å²) in [6.07, 6.45) is -5.48. The molecule has 1 aliphatic heterocycles. The zero-order chi connectivity index (χ0) is 19.9. The van der Waals surface area contributed by atoms with Gasteiger partial charge < -0.3 is 9.26 Å². The van der Waals surface area contributed by atoms with Crippen LogP contribution in [0.2, 0.25) is 0 Å². The van der Waals surface area contributed by atoms with Crippen molar-refractivity contribution in [2.45, 2.75) is 12.2 Å². The number of cyclic esters (lactones) is 1. The molecule has 0 radical (unpaired) electrons. The van der Waals surface area contributed by atoms with E-state index in [0.717, 1.165) is 11.6 Å². The molecule has 4 rings (SSSR count). The Bertz CT molecular complexity index is 1020. The lowest BCUT2D eigenvalue weighted by Gasteiger charge is -2.22. The Morgan fingerprint density at radius 3 is 2.50 bits per heavy atom. The highest BCUT2D eigenvalue weighted by Crippen LogP contribution is 2.35. The van der Waals surface area contributed by atoms with Crippen molar-refractivity contribution in [2.24, 2.45) is 0 Å². The van der Waals surface area contributed by atoms with E-state index in [9.17, 15) is 22.4 Å². The molecule has 1 atom stereocenters. The minimum Gasteiger partial charge on any atom is -0.447 e. The molecule has 1 aliphatic rings. The number of benzene rings is 2. The number of carbonyl (C=O) groups is 1. The summed E-state index contributed by atoms with van der Waals surface area (Å²) in [6, 6.07) is 12.2. The molecule has 1 fully saturated rings. The third-order valence-electron chi connectivity index (χ3n) is 4.20. The first-order valence-electron chi connectivity index (χ1n) is 8.06. The van der Waals surface area contributed by atoms with Gasteiger partial charge in [-0.2, -0.15) is 18.2 Å². The van der Waals surface area contributed by atoms with E-state index in [-0.39, 0.29) is 17.9 Å². The molecule has 0 aliphatic carbocycles.